The highest BCUT2D eigenvalue weighted by molar-refractivity contribution is 5.99. The van der Waals surface area contributed by atoms with Gasteiger partial charge in [0, 0.05) is 22.7 Å². The Hall–Kier alpha value is -2.88. The average molecular weight is 321 g/mol. The molecule has 0 aliphatic carbocycles. The third-order valence-corrected chi connectivity index (χ3v) is 3.84. The van der Waals surface area contributed by atoms with Crippen LogP contribution in [-0.2, 0) is 0 Å². The Balaban J connectivity index is 1.95. The molecule has 4 heteroatoms. The van der Waals surface area contributed by atoms with Crippen LogP contribution in [0.4, 0.5) is 0 Å². The van der Waals surface area contributed by atoms with Crippen molar-refractivity contribution in [2.45, 2.75) is 20.0 Å². The van der Waals surface area contributed by atoms with Gasteiger partial charge in [-0.1, -0.05) is 30.3 Å². The van der Waals surface area contributed by atoms with E-state index < -0.39 is 6.10 Å². The van der Waals surface area contributed by atoms with Gasteiger partial charge < -0.3 is 9.47 Å². The molecule has 4 nitrogen and oxygen atoms in total. The third-order valence-electron chi connectivity index (χ3n) is 3.84. The first kappa shape index (κ1) is 16.0. The Labute approximate surface area is 141 Å². The molecule has 3 rings (SSSR count). The van der Waals surface area contributed by atoms with Crippen molar-refractivity contribution in [2.75, 3.05) is 7.11 Å². The summed E-state index contributed by atoms with van der Waals surface area (Å²) >= 11 is 0. The van der Waals surface area contributed by atoms with Crippen LogP contribution in [0.3, 0.4) is 0 Å². The zero-order chi connectivity index (χ0) is 17.1. The molecule has 0 fully saturated rings. The molecular formula is C20H19NO3. The molecule has 0 spiro atoms. The van der Waals surface area contributed by atoms with Gasteiger partial charge in [-0.2, -0.15) is 0 Å². The van der Waals surface area contributed by atoms with Crippen molar-refractivity contribution in [1.82, 2.24) is 4.98 Å². The largest absolute Gasteiger partial charge is 0.497 e. The van der Waals surface area contributed by atoms with Crippen molar-refractivity contribution in [3.8, 4) is 11.5 Å². The van der Waals surface area contributed by atoms with Gasteiger partial charge in [0.05, 0.1) is 12.6 Å². The third kappa shape index (κ3) is 3.23. The quantitative estimate of drug-likeness (QED) is 0.661. The zero-order valence-electron chi connectivity index (χ0n) is 13.9. The second-order valence-electron chi connectivity index (χ2n) is 5.64. The summed E-state index contributed by atoms with van der Waals surface area (Å²) in [6, 6.07) is 16.6. The number of pyridine rings is 1. The molecule has 0 amide bonds. The zero-order valence-corrected chi connectivity index (χ0v) is 13.9. The molecule has 0 bridgehead atoms. The lowest BCUT2D eigenvalue weighted by Crippen LogP contribution is -2.24. The van der Waals surface area contributed by atoms with E-state index in [1.165, 1.54) is 0 Å². The maximum absolute atomic E-state index is 12.5. The number of carbonyl (C=O) groups is 1. The molecule has 0 saturated heterocycles. The predicted molar refractivity (Wildman–Crippen MR) is 93.9 cm³/mol. The summed E-state index contributed by atoms with van der Waals surface area (Å²) < 4.78 is 11.3. The maximum Gasteiger partial charge on any atom is 0.202 e. The summed E-state index contributed by atoms with van der Waals surface area (Å²) in [4.78, 5) is 17.0. The first-order valence-corrected chi connectivity index (χ1v) is 7.80. The Kier molecular flexibility index (Phi) is 4.47. The molecule has 0 radical (unpaired) electrons. The number of carbonyl (C=O) groups excluding carboxylic acids is 1. The van der Waals surface area contributed by atoms with Gasteiger partial charge in [-0.15, -0.1) is 0 Å². The summed E-state index contributed by atoms with van der Waals surface area (Å²) in [6.07, 6.45) is -0.594. The summed E-state index contributed by atoms with van der Waals surface area (Å²) in [7, 11) is 1.62. The van der Waals surface area contributed by atoms with Gasteiger partial charge in [0.15, 0.2) is 6.10 Å². The van der Waals surface area contributed by atoms with E-state index in [2.05, 4.69) is 4.98 Å². The fourth-order valence-corrected chi connectivity index (χ4v) is 2.61. The van der Waals surface area contributed by atoms with Crippen LogP contribution in [0.5, 0.6) is 11.5 Å². The fraction of sp³-hybridized carbons (Fsp3) is 0.200. The number of ether oxygens (including phenoxy) is 2. The summed E-state index contributed by atoms with van der Waals surface area (Å²) in [6.45, 7) is 3.66. The smallest absolute Gasteiger partial charge is 0.202 e. The standard InChI is InChI=1S/C20H19NO3/c1-13-11-19(17-12-16(23-3)9-10-18(17)21-13)24-14(2)20(22)15-7-5-4-6-8-15/h4-12,14H,1-3H3. The highest BCUT2D eigenvalue weighted by Gasteiger charge is 2.18. The van der Waals surface area contributed by atoms with Gasteiger partial charge in [0.2, 0.25) is 5.78 Å². The first-order chi connectivity index (χ1) is 11.6. The molecule has 1 aromatic heterocycles. The topological polar surface area (TPSA) is 48.4 Å². The molecule has 122 valence electrons. The second kappa shape index (κ2) is 6.71. The number of hydrogen-bond acceptors (Lipinski definition) is 4. The molecule has 24 heavy (non-hydrogen) atoms. The van der Waals surface area contributed by atoms with E-state index in [1.54, 1.807) is 26.2 Å². The van der Waals surface area contributed by atoms with Crippen LogP contribution in [0.1, 0.15) is 23.0 Å². The summed E-state index contributed by atoms with van der Waals surface area (Å²) in [5.74, 6) is 1.30. The van der Waals surface area contributed by atoms with E-state index in [4.69, 9.17) is 9.47 Å². The van der Waals surface area contributed by atoms with E-state index in [9.17, 15) is 4.79 Å². The van der Waals surface area contributed by atoms with Crippen molar-refractivity contribution >= 4 is 16.7 Å². The Morgan fingerprint density at radius 1 is 1.08 bits per heavy atom. The molecular weight excluding hydrogens is 302 g/mol. The van der Waals surface area contributed by atoms with Gasteiger partial charge in [-0.25, -0.2) is 0 Å². The Morgan fingerprint density at radius 3 is 2.54 bits per heavy atom. The number of rotatable bonds is 5. The van der Waals surface area contributed by atoms with Gasteiger partial charge >= 0.3 is 0 Å². The van der Waals surface area contributed by atoms with Gasteiger partial charge in [-0.3, -0.25) is 9.78 Å². The van der Waals surface area contributed by atoms with Crippen LogP contribution in [0.25, 0.3) is 10.9 Å². The number of fused-ring (bicyclic) bond motifs is 1. The molecule has 0 aliphatic heterocycles. The van der Waals surface area contributed by atoms with Crippen LogP contribution in [0.2, 0.25) is 0 Å². The van der Waals surface area contributed by atoms with E-state index in [-0.39, 0.29) is 5.78 Å². The lowest BCUT2D eigenvalue weighted by molar-refractivity contribution is 0.0820. The predicted octanol–water partition coefficient (Wildman–Crippen LogP) is 4.20. The highest BCUT2D eigenvalue weighted by Crippen LogP contribution is 2.30. The fourth-order valence-electron chi connectivity index (χ4n) is 2.61. The van der Waals surface area contributed by atoms with Crippen molar-refractivity contribution in [3.05, 3.63) is 65.9 Å². The second-order valence-corrected chi connectivity index (χ2v) is 5.64. The summed E-state index contributed by atoms with van der Waals surface area (Å²) in [5, 5.41) is 0.827. The van der Waals surface area contributed by atoms with Crippen LogP contribution < -0.4 is 9.47 Å². The van der Waals surface area contributed by atoms with Gasteiger partial charge in [0.25, 0.3) is 0 Å². The minimum Gasteiger partial charge on any atom is -0.497 e. The van der Waals surface area contributed by atoms with E-state index in [0.29, 0.717) is 11.3 Å². The maximum atomic E-state index is 12.5. The molecule has 1 heterocycles. The number of aromatic nitrogens is 1. The number of aryl methyl sites for hydroxylation is 1. The minimum absolute atomic E-state index is 0.0545. The van der Waals surface area contributed by atoms with E-state index in [0.717, 1.165) is 22.3 Å². The van der Waals surface area contributed by atoms with Crippen LogP contribution >= 0.6 is 0 Å². The van der Waals surface area contributed by atoms with Crippen molar-refractivity contribution in [2.24, 2.45) is 0 Å². The number of methoxy groups -OCH3 is 1. The highest BCUT2D eigenvalue weighted by atomic mass is 16.5. The van der Waals surface area contributed by atoms with Crippen LogP contribution in [0, 0.1) is 6.92 Å². The van der Waals surface area contributed by atoms with Crippen LogP contribution in [0.15, 0.2) is 54.6 Å². The monoisotopic (exact) mass is 321 g/mol. The average Bonchev–Trinajstić information content (AvgIpc) is 2.61. The Morgan fingerprint density at radius 2 is 1.83 bits per heavy atom. The van der Waals surface area contributed by atoms with E-state index in [1.807, 2.05) is 49.4 Å². The lowest BCUT2D eigenvalue weighted by atomic mass is 10.1. The number of ketones is 1. The molecule has 0 aliphatic rings. The number of benzene rings is 2. The normalized spacial score (nSPS) is 12.0. The summed E-state index contributed by atoms with van der Waals surface area (Å²) in [5.41, 5.74) is 2.28. The number of Topliss-reactive ketones (excluding diaryl/α,β-unsaturated/α-hetero) is 1. The van der Waals surface area contributed by atoms with Crippen LogP contribution in [-0.4, -0.2) is 24.0 Å². The molecule has 1 unspecified atom stereocenters. The van der Waals surface area contributed by atoms with Crippen molar-refractivity contribution in [1.29, 1.82) is 0 Å². The minimum atomic E-state index is -0.594. The van der Waals surface area contributed by atoms with Gasteiger partial charge in [-0.05, 0) is 32.0 Å². The SMILES string of the molecule is COc1ccc2nc(C)cc(OC(C)C(=O)c3ccccc3)c2c1. The van der Waals surface area contributed by atoms with Crippen molar-refractivity contribution in [3.63, 3.8) is 0 Å². The molecule has 2 aromatic carbocycles. The van der Waals surface area contributed by atoms with Crippen molar-refractivity contribution < 1.29 is 14.3 Å². The molecule has 3 aromatic rings. The van der Waals surface area contributed by atoms with Gasteiger partial charge in [0.1, 0.15) is 11.5 Å². The number of nitrogens with zero attached hydrogens (tertiary/aromatic N) is 1. The Bertz CT molecular complexity index is 875. The lowest BCUT2D eigenvalue weighted by Gasteiger charge is -2.16. The molecule has 0 saturated carbocycles. The first-order valence-electron chi connectivity index (χ1n) is 7.80. The number of hydrogen-bond donors (Lipinski definition) is 0. The van der Waals surface area contributed by atoms with E-state index >= 15 is 0 Å². The molecule has 1 atom stereocenters. The molecule has 0 N–H and O–H groups in total.